The minimum absolute atomic E-state index is 0.139. The number of benzene rings is 1. The predicted molar refractivity (Wildman–Crippen MR) is 73.3 cm³/mol. The highest BCUT2D eigenvalue weighted by Gasteiger charge is 2.01. The zero-order valence-corrected chi connectivity index (χ0v) is 10.3. The normalized spacial score (nSPS) is 9.81. The smallest absolute Gasteiger partial charge is 0.269 e. The topological polar surface area (TPSA) is 29.1 Å². The van der Waals surface area contributed by atoms with Gasteiger partial charge in [0, 0.05) is 6.42 Å². The Labute approximate surface area is 99.5 Å². The van der Waals surface area contributed by atoms with E-state index in [1.165, 1.54) is 17.4 Å². The van der Waals surface area contributed by atoms with Crippen LogP contribution in [0.15, 0.2) is 24.3 Å². The molecule has 0 saturated heterocycles. The third-order valence-corrected chi connectivity index (χ3v) is 2.53. The van der Waals surface area contributed by atoms with E-state index in [1.807, 2.05) is 7.85 Å². The first kappa shape index (κ1) is 12.9. The fraction of sp³-hybridized carbons (Fsp3) is 0.417. The van der Waals surface area contributed by atoms with Crippen molar-refractivity contribution in [1.29, 1.82) is 0 Å². The molecule has 1 aromatic rings. The van der Waals surface area contributed by atoms with Crippen molar-refractivity contribution in [1.82, 2.24) is 5.23 Å². The second kappa shape index (κ2) is 7.15. The van der Waals surface area contributed by atoms with Crippen LogP contribution in [0.2, 0.25) is 6.32 Å². The van der Waals surface area contributed by atoms with Gasteiger partial charge >= 0.3 is 0 Å². The second-order valence-electron chi connectivity index (χ2n) is 4.09. The molecule has 0 atom stereocenters. The Kier molecular flexibility index (Phi) is 5.76. The summed E-state index contributed by atoms with van der Waals surface area (Å²) in [6.07, 6.45) is 3.82. The van der Waals surface area contributed by atoms with Gasteiger partial charge in [0.2, 0.25) is 5.91 Å². The number of amides is 1. The van der Waals surface area contributed by atoms with E-state index in [-0.39, 0.29) is 5.91 Å². The third kappa shape index (κ3) is 4.56. The molecular formula is C12H19B2NO. The van der Waals surface area contributed by atoms with Crippen LogP contribution in [0, 0.1) is 0 Å². The lowest BCUT2D eigenvalue weighted by Gasteiger charge is -2.04. The van der Waals surface area contributed by atoms with Gasteiger partial charge in [-0.1, -0.05) is 49.4 Å². The first-order valence-electron chi connectivity index (χ1n) is 6.10. The lowest BCUT2D eigenvalue weighted by Crippen LogP contribution is -2.35. The molecule has 0 aliphatic heterocycles. The summed E-state index contributed by atoms with van der Waals surface area (Å²) >= 11 is 0. The molecule has 1 amide bonds. The fourth-order valence-corrected chi connectivity index (χ4v) is 1.63. The van der Waals surface area contributed by atoms with Crippen LogP contribution in [0.5, 0.6) is 0 Å². The van der Waals surface area contributed by atoms with Crippen molar-refractivity contribution in [2.45, 2.75) is 32.5 Å². The van der Waals surface area contributed by atoms with Crippen molar-refractivity contribution < 1.29 is 4.79 Å². The van der Waals surface area contributed by atoms with Gasteiger partial charge in [-0.2, -0.15) is 0 Å². The van der Waals surface area contributed by atoms with Gasteiger partial charge in [0.25, 0.3) is 7.41 Å². The van der Waals surface area contributed by atoms with E-state index in [9.17, 15) is 4.79 Å². The molecular weight excluding hydrogens is 196 g/mol. The molecule has 16 heavy (non-hydrogen) atoms. The summed E-state index contributed by atoms with van der Waals surface area (Å²) in [5.74, 6) is 0.139. The highest BCUT2D eigenvalue weighted by molar-refractivity contribution is 6.53. The van der Waals surface area contributed by atoms with Crippen molar-refractivity contribution in [3.05, 3.63) is 29.8 Å². The monoisotopic (exact) mass is 215 g/mol. The molecule has 0 aliphatic carbocycles. The molecule has 0 bridgehead atoms. The Hall–Kier alpha value is -1.18. The van der Waals surface area contributed by atoms with Crippen molar-refractivity contribution in [3.8, 4) is 0 Å². The van der Waals surface area contributed by atoms with Crippen LogP contribution in [-0.2, 0) is 11.2 Å². The highest BCUT2D eigenvalue weighted by Crippen LogP contribution is 1.99. The summed E-state index contributed by atoms with van der Waals surface area (Å²) in [7, 11) is 2.66. The average Bonchev–Trinajstić information content (AvgIpc) is 2.29. The van der Waals surface area contributed by atoms with E-state index in [4.69, 9.17) is 0 Å². The van der Waals surface area contributed by atoms with Crippen molar-refractivity contribution in [2.75, 3.05) is 0 Å². The number of rotatable bonds is 6. The zero-order valence-electron chi connectivity index (χ0n) is 10.3. The van der Waals surface area contributed by atoms with Crippen molar-refractivity contribution in [3.63, 3.8) is 0 Å². The average molecular weight is 215 g/mol. The molecule has 4 heteroatoms. The number of aryl methyl sites for hydroxylation is 1. The quantitative estimate of drug-likeness (QED) is 0.673. The highest BCUT2D eigenvalue weighted by atomic mass is 16.1. The SMILES string of the molecule is BCCC(=O)NBc1ccc(CCC)cc1. The fourth-order valence-electron chi connectivity index (χ4n) is 1.63. The molecule has 0 aromatic heterocycles. The molecule has 0 aliphatic rings. The summed E-state index contributed by atoms with van der Waals surface area (Å²) in [5.41, 5.74) is 2.54. The molecule has 0 unspecified atom stereocenters. The van der Waals surface area contributed by atoms with Crippen LogP contribution in [0.1, 0.15) is 25.3 Å². The minimum Gasteiger partial charge on any atom is -0.398 e. The summed E-state index contributed by atoms with van der Waals surface area (Å²) in [4.78, 5) is 11.3. The van der Waals surface area contributed by atoms with Gasteiger partial charge in [0.15, 0.2) is 0 Å². The van der Waals surface area contributed by atoms with Crippen molar-refractivity contribution in [2.24, 2.45) is 0 Å². The van der Waals surface area contributed by atoms with Gasteiger partial charge in [0.1, 0.15) is 7.85 Å². The molecule has 1 aromatic carbocycles. The first-order valence-corrected chi connectivity index (χ1v) is 6.10. The van der Waals surface area contributed by atoms with Crippen LogP contribution in [-0.4, -0.2) is 21.2 Å². The minimum atomic E-state index is 0.139. The molecule has 0 spiro atoms. The maximum absolute atomic E-state index is 11.3. The Bertz CT molecular complexity index is 324. The van der Waals surface area contributed by atoms with Crippen LogP contribution in [0.3, 0.4) is 0 Å². The molecule has 84 valence electrons. The molecule has 1 N–H and O–H groups in total. The van der Waals surface area contributed by atoms with Gasteiger partial charge in [-0.05, 0) is 12.0 Å². The predicted octanol–water partition coefficient (Wildman–Crippen LogP) is 0.174. The third-order valence-electron chi connectivity index (χ3n) is 2.53. The van der Waals surface area contributed by atoms with Crippen LogP contribution in [0.25, 0.3) is 0 Å². The number of carbonyl (C=O) groups is 1. The summed E-state index contributed by atoms with van der Waals surface area (Å²) < 4.78 is 0. The zero-order chi connectivity index (χ0) is 11.8. The second-order valence-corrected chi connectivity index (χ2v) is 4.09. The molecule has 0 heterocycles. The van der Waals surface area contributed by atoms with Crippen LogP contribution >= 0.6 is 0 Å². The lowest BCUT2D eigenvalue weighted by molar-refractivity contribution is -0.119. The Morgan fingerprint density at radius 2 is 2.06 bits per heavy atom. The van der Waals surface area contributed by atoms with Crippen LogP contribution < -0.4 is 10.7 Å². The van der Waals surface area contributed by atoms with E-state index in [0.717, 1.165) is 12.7 Å². The molecule has 2 nitrogen and oxygen atoms in total. The molecule has 0 radical (unpaired) electrons. The Morgan fingerprint density at radius 3 is 2.62 bits per heavy atom. The van der Waals surface area contributed by atoms with Crippen molar-refractivity contribution >= 4 is 26.6 Å². The number of hydrogen-bond donors (Lipinski definition) is 1. The lowest BCUT2D eigenvalue weighted by atomic mass is 9.82. The molecule has 0 saturated carbocycles. The molecule has 1 rings (SSSR count). The molecule has 0 fully saturated rings. The first-order chi connectivity index (χ1) is 7.76. The van der Waals surface area contributed by atoms with E-state index in [2.05, 4.69) is 36.4 Å². The number of hydrogen-bond acceptors (Lipinski definition) is 1. The van der Waals surface area contributed by atoms with Gasteiger partial charge in [-0.25, -0.2) is 0 Å². The van der Waals surface area contributed by atoms with Gasteiger partial charge in [-0.3, -0.25) is 4.79 Å². The summed E-state index contributed by atoms with van der Waals surface area (Å²) in [6.45, 7) is 2.18. The standard InChI is InChI=1S/C12H19B2NO/c1-2-3-10-4-6-11(7-5-10)14-15-12(16)8-9-13/h4-7,14H,2-3,8-9,13H2,1H3,(H,15,16). The van der Waals surface area contributed by atoms with Gasteiger partial charge in [0.05, 0.1) is 0 Å². The van der Waals surface area contributed by atoms with Gasteiger partial charge < -0.3 is 5.23 Å². The summed E-state index contributed by atoms with van der Waals surface area (Å²) in [6, 6.07) is 8.48. The number of nitrogens with one attached hydrogen (secondary N) is 1. The van der Waals surface area contributed by atoms with E-state index < -0.39 is 0 Å². The maximum Gasteiger partial charge on any atom is 0.269 e. The van der Waals surface area contributed by atoms with E-state index in [0.29, 0.717) is 13.8 Å². The summed E-state index contributed by atoms with van der Waals surface area (Å²) in [5, 5.41) is 2.91. The Morgan fingerprint density at radius 1 is 1.38 bits per heavy atom. The van der Waals surface area contributed by atoms with Gasteiger partial charge in [-0.15, -0.1) is 0 Å². The maximum atomic E-state index is 11.3. The number of carbonyl (C=O) groups excluding carboxylic acids is 1. The Balaban J connectivity index is 2.40. The van der Waals surface area contributed by atoms with Crippen LogP contribution in [0.4, 0.5) is 0 Å². The van der Waals surface area contributed by atoms with E-state index >= 15 is 0 Å². The largest absolute Gasteiger partial charge is 0.398 e. The van der Waals surface area contributed by atoms with E-state index in [1.54, 1.807) is 0 Å².